The van der Waals surface area contributed by atoms with Gasteiger partial charge in [0.2, 0.25) is 10.0 Å². The van der Waals surface area contributed by atoms with E-state index in [-0.39, 0.29) is 0 Å². The molecular formula is C21H22N4O2S. The van der Waals surface area contributed by atoms with Crippen LogP contribution in [0.2, 0.25) is 0 Å². The van der Waals surface area contributed by atoms with E-state index in [1.165, 1.54) is 4.31 Å². The summed E-state index contributed by atoms with van der Waals surface area (Å²) < 4.78 is 27.5. The van der Waals surface area contributed by atoms with Crippen LogP contribution in [-0.2, 0) is 36.1 Å². The third kappa shape index (κ3) is 4.11. The zero-order valence-electron chi connectivity index (χ0n) is 15.5. The van der Waals surface area contributed by atoms with Gasteiger partial charge in [0, 0.05) is 32.0 Å². The molecule has 0 saturated heterocycles. The first-order chi connectivity index (χ1) is 13.6. The van der Waals surface area contributed by atoms with Crippen LogP contribution in [0.25, 0.3) is 0 Å². The zero-order chi connectivity index (χ0) is 19.4. The van der Waals surface area contributed by atoms with Gasteiger partial charge in [-0.2, -0.15) is 4.31 Å². The van der Waals surface area contributed by atoms with E-state index in [9.17, 15) is 8.42 Å². The van der Waals surface area contributed by atoms with Crippen molar-refractivity contribution in [1.82, 2.24) is 19.6 Å². The van der Waals surface area contributed by atoms with Crippen molar-refractivity contribution in [2.45, 2.75) is 31.0 Å². The van der Waals surface area contributed by atoms with Crippen molar-refractivity contribution >= 4 is 10.0 Å². The number of hydrogen-bond acceptors (Lipinski definition) is 5. The summed E-state index contributed by atoms with van der Waals surface area (Å²) in [7, 11) is -3.52. The monoisotopic (exact) mass is 394 g/mol. The van der Waals surface area contributed by atoms with Crippen LogP contribution in [0.1, 0.15) is 22.5 Å². The van der Waals surface area contributed by atoms with Gasteiger partial charge >= 0.3 is 0 Å². The first kappa shape index (κ1) is 18.7. The van der Waals surface area contributed by atoms with Crippen LogP contribution in [0, 0.1) is 0 Å². The van der Waals surface area contributed by atoms with Gasteiger partial charge in [-0.25, -0.2) is 8.42 Å². The molecular weight excluding hydrogens is 372 g/mol. The number of pyridine rings is 2. The second kappa shape index (κ2) is 8.18. The standard InChI is InChI=1S/C21H22N4O2S/c26-28(27,25-13-10-18-4-3-12-24-21(18)16-25)20-8-6-17(7-9-20)14-22-15-19-5-1-2-11-23-19/h1-9,11-12,22H,10,13-16H2. The molecule has 4 rings (SSSR count). The van der Waals surface area contributed by atoms with Crippen molar-refractivity contribution in [1.29, 1.82) is 0 Å². The highest BCUT2D eigenvalue weighted by molar-refractivity contribution is 7.89. The normalized spacial score (nSPS) is 14.6. The maximum absolute atomic E-state index is 13.0. The summed E-state index contributed by atoms with van der Waals surface area (Å²) >= 11 is 0. The first-order valence-electron chi connectivity index (χ1n) is 9.25. The molecule has 0 spiro atoms. The minimum Gasteiger partial charge on any atom is -0.307 e. The molecule has 28 heavy (non-hydrogen) atoms. The van der Waals surface area contributed by atoms with Gasteiger partial charge in [-0.1, -0.05) is 24.3 Å². The van der Waals surface area contributed by atoms with Crippen LogP contribution < -0.4 is 5.32 Å². The highest BCUT2D eigenvalue weighted by Crippen LogP contribution is 2.23. The lowest BCUT2D eigenvalue weighted by atomic mass is 10.1. The molecule has 3 aromatic rings. The number of fused-ring (bicyclic) bond motifs is 1. The number of benzene rings is 1. The van der Waals surface area contributed by atoms with Crippen molar-refractivity contribution in [3.63, 3.8) is 0 Å². The summed E-state index contributed by atoms with van der Waals surface area (Å²) in [6.07, 6.45) is 4.17. The fourth-order valence-corrected chi connectivity index (χ4v) is 4.71. The molecule has 0 saturated carbocycles. The van der Waals surface area contributed by atoms with Crippen LogP contribution in [0.3, 0.4) is 0 Å². The Balaban J connectivity index is 1.40. The third-order valence-corrected chi connectivity index (χ3v) is 6.72. The number of nitrogens with one attached hydrogen (secondary N) is 1. The maximum Gasteiger partial charge on any atom is 0.243 e. The summed E-state index contributed by atoms with van der Waals surface area (Å²) in [6, 6.07) is 16.8. The fourth-order valence-electron chi connectivity index (χ4n) is 3.30. The van der Waals surface area contributed by atoms with Gasteiger partial charge in [-0.15, -0.1) is 0 Å². The summed E-state index contributed by atoms with van der Waals surface area (Å²) in [6.45, 7) is 2.12. The summed E-state index contributed by atoms with van der Waals surface area (Å²) in [5.41, 5.74) is 3.97. The van der Waals surface area contributed by atoms with Crippen molar-refractivity contribution < 1.29 is 8.42 Å². The molecule has 1 aliphatic rings. The molecule has 0 atom stereocenters. The molecule has 1 N–H and O–H groups in total. The van der Waals surface area contributed by atoms with Crippen LogP contribution >= 0.6 is 0 Å². The van der Waals surface area contributed by atoms with E-state index >= 15 is 0 Å². The Labute approximate surface area is 165 Å². The number of rotatable bonds is 6. The summed E-state index contributed by atoms with van der Waals surface area (Å²) in [5, 5.41) is 3.32. The highest BCUT2D eigenvalue weighted by Gasteiger charge is 2.28. The molecule has 0 radical (unpaired) electrons. The second-order valence-electron chi connectivity index (χ2n) is 6.77. The van der Waals surface area contributed by atoms with E-state index in [4.69, 9.17) is 0 Å². The molecule has 0 unspecified atom stereocenters. The van der Waals surface area contributed by atoms with Crippen LogP contribution in [0.15, 0.2) is 71.9 Å². The van der Waals surface area contributed by atoms with Gasteiger partial charge in [0.05, 0.1) is 22.8 Å². The van der Waals surface area contributed by atoms with Gasteiger partial charge in [0.15, 0.2) is 0 Å². The summed E-state index contributed by atoms with van der Waals surface area (Å²) in [5.74, 6) is 0. The minimum atomic E-state index is -3.52. The Bertz CT molecular complexity index is 1040. The van der Waals surface area contributed by atoms with Crippen LogP contribution in [0.4, 0.5) is 0 Å². The van der Waals surface area contributed by atoms with E-state index in [1.807, 2.05) is 42.5 Å². The van der Waals surface area contributed by atoms with Gasteiger partial charge in [0.1, 0.15) is 0 Å². The molecule has 2 aromatic heterocycles. The first-order valence-corrected chi connectivity index (χ1v) is 10.7. The Kier molecular flexibility index (Phi) is 5.47. The lowest BCUT2D eigenvalue weighted by Gasteiger charge is -2.27. The van der Waals surface area contributed by atoms with Crippen molar-refractivity contribution in [2.24, 2.45) is 0 Å². The van der Waals surface area contributed by atoms with E-state index in [2.05, 4.69) is 15.3 Å². The number of nitrogens with zero attached hydrogens (tertiary/aromatic N) is 3. The van der Waals surface area contributed by atoms with Gasteiger partial charge in [-0.05, 0) is 47.9 Å². The van der Waals surface area contributed by atoms with Gasteiger partial charge < -0.3 is 5.32 Å². The van der Waals surface area contributed by atoms with Crippen LogP contribution in [-0.4, -0.2) is 29.2 Å². The lowest BCUT2D eigenvalue weighted by Crippen LogP contribution is -2.36. The number of aromatic nitrogens is 2. The molecule has 144 valence electrons. The predicted octanol–water partition coefficient (Wildman–Crippen LogP) is 2.51. The quantitative estimate of drug-likeness (QED) is 0.695. The fraction of sp³-hybridized carbons (Fsp3) is 0.238. The van der Waals surface area contributed by atoms with E-state index in [0.29, 0.717) is 37.5 Å². The van der Waals surface area contributed by atoms with Crippen molar-refractivity contribution in [3.05, 3.63) is 89.5 Å². The number of hydrogen-bond donors (Lipinski definition) is 1. The SMILES string of the molecule is O=S(=O)(c1ccc(CNCc2ccccn2)cc1)N1CCc2cccnc2C1. The molecule has 3 heterocycles. The molecule has 1 aliphatic heterocycles. The maximum atomic E-state index is 13.0. The van der Waals surface area contributed by atoms with E-state index in [1.54, 1.807) is 24.5 Å². The summed E-state index contributed by atoms with van der Waals surface area (Å²) in [4.78, 5) is 8.92. The van der Waals surface area contributed by atoms with E-state index < -0.39 is 10.0 Å². The zero-order valence-corrected chi connectivity index (χ0v) is 16.3. The lowest BCUT2D eigenvalue weighted by molar-refractivity contribution is 0.385. The van der Waals surface area contributed by atoms with E-state index in [0.717, 1.165) is 22.5 Å². The molecule has 1 aromatic carbocycles. The Morgan fingerprint density at radius 1 is 0.929 bits per heavy atom. The average molecular weight is 395 g/mol. The largest absolute Gasteiger partial charge is 0.307 e. The van der Waals surface area contributed by atoms with Crippen molar-refractivity contribution in [2.75, 3.05) is 6.54 Å². The molecule has 0 amide bonds. The predicted molar refractivity (Wildman–Crippen MR) is 107 cm³/mol. The Hall–Kier alpha value is -2.61. The third-order valence-electron chi connectivity index (χ3n) is 4.86. The molecule has 6 nitrogen and oxygen atoms in total. The highest BCUT2D eigenvalue weighted by atomic mass is 32.2. The Morgan fingerprint density at radius 3 is 2.54 bits per heavy atom. The second-order valence-corrected chi connectivity index (χ2v) is 8.70. The Morgan fingerprint density at radius 2 is 1.75 bits per heavy atom. The minimum absolute atomic E-state index is 0.320. The number of sulfonamides is 1. The molecule has 0 fully saturated rings. The molecule has 0 aliphatic carbocycles. The van der Waals surface area contributed by atoms with Gasteiger partial charge in [0.25, 0.3) is 0 Å². The van der Waals surface area contributed by atoms with Crippen LogP contribution in [0.5, 0.6) is 0 Å². The van der Waals surface area contributed by atoms with Crippen molar-refractivity contribution in [3.8, 4) is 0 Å². The molecule has 7 heteroatoms. The topological polar surface area (TPSA) is 75.2 Å². The van der Waals surface area contributed by atoms with Gasteiger partial charge in [-0.3, -0.25) is 9.97 Å². The average Bonchev–Trinajstić information content (AvgIpc) is 2.74. The smallest absolute Gasteiger partial charge is 0.243 e. The molecule has 0 bridgehead atoms.